The van der Waals surface area contributed by atoms with Gasteiger partial charge in [-0.15, -0.1) is 0 Å². The Bertz CT molecular complexity index is 307. The van der Waals surface area contributed by atoms with Crippen LogP contribution in [-0.4, -0.2) is 18.5 Å². The molecule has 2 rings (SSSR count). The Labute approximate surface area is 94.9 Å². The minimum Gasteiger partial charge on any atom is -0.493 e. The van der Waals surface area contributed by atoms with Crippen LogP contribution in [0.15, 0.2) is 23.5 Å². The first kappa shape index (κ1) is 12.5. The van der Waals surface area contributed by atoms with Gasteiger partial charge in [0, 0.05) is 19.3 Å². The summed E-state index contributed by atoms with van der Waals surface area (Å²) in [5, 5.41) is 0. The highest BCUT2D eigenvalue weighted by Crippen LogP contribution is 2.27. The molecular weight excluding hydrogens is 208 g/mol. The third-order valence-corrected chi connectivity index (χ3v) is 2.15. The summed E-state index contributed by atoms with van der Waals surface area (Å²) in [5.74, 6) is 0.235. The molecule has 0 N–H and O–H groups in total. The molecule has 16 heavy (non-hydrogen) atoms. The molecule has 0 amide bonds. The highest BCUT2D eigenvalue weighted by atomic mass is 16.6. The molecule has 2 bridgehead atoms. The molecule has 0 aromatic heterocycles. The minimum absolute atomic E-state index is 0.256. The van der Waals surface area contributed by atoms with Crippen molar-refractivity contribution in [2.24, 2.45) is 0 Å². The lowest BCUT2D eigenvalue weighted by atomic mass is 10.3. The zero-order chi connectivity index (χ0) is 12.0. The van der Waals surface area contributed by atoms with Crippen LogP contribution in [0.25, 0.3) is 0 Å². The zero-order valence-corrected chi connectivity index (χ0v) is 9.62. The molecule has 1 fully saturated rings. The molecule has 0 atom stereocenters. The van der Waals surface area contributed by atoms with E-state index in [1.165, 1.54) is 5.57 Å². The van der Waals surface area contributed by atoms with E-state index < -0.39 is 11.9 Å². The lowest BCUT2D eigenvalue weighted by Gasteiger charge is -1.95. The first-order valence-corrected chi connectivity index (χ1v) is 5.40. The standard InChI is InChI=1S/C6H10O3.C6H6O/c1-3-5(7)9-6(8)4-2;1-2-6-3-5(1)4-7-6/h3-4H2,1-2H3;1-2H,3-4H2. The summed E-state index contributed by atoms with van der Waals surface area (Å²) < 4.78 is 9.42. The van der Waals surface area contributed by atoms with Gasteiger partial charge in [0.15, 0.2) is 0 Å². The Hall–Kier alpha value is -1.58. The van der Waals surface area contributed by atoms with E-state index in [0.717, 1.165) is 18.8 Å². The van der Waals surface area contributed by atoms with Gasteiger partial charge in [-0.3, -0.25) is 9.59 Å². The average molecular weight is 224 g/mol. The van der Waals surface area contributed by atoms with Crippen LogP contribution >= 0.6 is 0 Å². The highest BCUT2D eigenvalue weighted by Gasteiger charge is 2.16. The number of rotatable bonds is 2. The number of carbonyl (C=O) groups excluding carboxylic acids is 2. The van der Waals surface area contributed by atoms with Crippen molar-refractivity contribution >= 4 is 11.9 Å². The lowest BCUT2D eigenvalue weighted by molar-refractivity contribution is -0.159. The second kappa shape index (κ2) is 6.10. The molecule has 0 aromatic rings. The maximum absolute atomic E-state index is 10.3. The summed E-state index contributed by atoms with van der Waals surface area (Å²) in [6.45, 7) is 4.14. The van der Waals surface area contributed by atoms with E-state index in [-0.39, 0.29) is 12.8 Å². The Morgan fingerprint density at radius 1 is 1.25 bits per heavy atom. The summed E-state index contributed by atoms with van der Waals surface area (Å²) in [4.78, 5) is 20.7. The van der Waals surface area contributed by atoms with Crippen LogP contribution in [0.5, 0.6) is 0 Å². The second-order valence-electron chi connectivity index (χ2n) is 3.48. The van der Waals surface area contributed by atoms with Crippen molar-refractivity contribution in [2.75, 3.05) is 6.61 Å². The fourth-order valence-corrected chi connectivity index (χ4v) is 1.21. The van der Waals surface area contributed by atoms with Gasteiger partial charge in [-0.25, -0.2) is 0 Å². The molecule has 0 unspecified atom stereocenters. The van der Waals surface area contributed by atoms with Crippen LogP contribution in [0.1, 0.15) is 33.1 Å². The maximum atomic E-state index is 10.3. The Morgan fingerprint density at radius 2 is 1.88 bits per heavy atom. The van der Waals surface area contributed by atoms with Crippen molar-refractivity contribution < 1.29 is 19.1 Å². The van der Waals surface area contributed by atoms with Gasteiger partial charge in [0.1, 0.15) is 12.4 Å². The fourth-order valence-electron chi connectivity index (χ4n) is 1.21. The maximum Gasteiger partial charge on any atom is 0.313 e. The van der Waals surface area contributed by atoms with Crippen LogP contribution in [-0.2, 0) is 19.1 Å². The molecule has 1 saturated heterocycles. The predicted octanol–water partition coefficient (Wildman–Crippen LogP) is 2.11. The summed E-state index contributed by atoms with van der Waals surface area (Å²) in [6.07, 6.45) is 5.77. The fraction of sp³-hybridized carbons (Fsp3) is 0.500. The smallest absolute Gasteiger partial charge is 0.313 e. The highest BCUT2D eigenvalue weighted by molar-refractivity contribution is 5.84. The van der Waals surface area contributed by atoms with Gasteiger partial charge in [0.25, 0.3) is 0 Å². The molecular formula is C12H16O4. The van der Waals surface area contributed by atoms with Crippen LogP contribution < -0.4 is 0 Å². The number of hydrogen-bond donors (Lipinski definition) is 0. The Kier molecular flexibility index (Phi) is 4.76. The third kappa shape index (κ3) is 3.88. The predicted molar refractivity (Wildman–Crippen MR) is 58.4 cm³/mol. The first-order chi connectivity index (χ1) is 7.65. The van der Waals surface area contributed by atoms with Crippen LogP contribution in [0.3, 0.4) is 0 Å². The summed E-state index contributed by atoms with van der Waals surface area (Å²) in [5.41, 5.74) is 1.43. The molecule has 1 heterocycles. The first-order valence-electron chi connectivity index (χ1n) is 5.40. The number of fused-ring (bicyclic) bond motifs is 2. The SMILES string of the molecule is C1=C2COC(=C1)C2.CCC(=O)OC(=O)CC. The average Bonchev–Trinajstić information content (AvgIpc) is 2.93. The number of esters is 2. The van der Waals surface area contributed by atoms with Gasteiger partial charge in [-0.1, -0.05) is 19.9 Å². The molecule has 2 aliphatic rings. The van der Waals surface area contributed by atoms with Crippen LogP contribution in [0.2, 0.25) is 0 Å². The molecule has 0 aromatic carbocycles. The molecule has 0 radical (unpaired) electrons. The van der Waals surface area contributed by atoms with Crippen LogP contribution in [0.4, 0.5) is 0 Å². The molecule has 0 spiro atoms. The van der Waals surface area contributed by atoms with Crippen LogP contribution in [0, 0.1) is 0 Å². The van der Waals surface area contributed by atoms with E-state index in [1.807, 2.05) is 6.08 Å². The van der Waals surface area contributed by atoms with Crippen molar-refractivity contribution in [1.82, 2.24) is 0 Å². The van der Waals surface area contributed by atoms with Crippen molar-refractivity contribution in [3.05, 3.63) is 23.5 Å². The van der Waals surface area contributed by atoms with E-state index in [4.69, 9.17) is 4.74 Å². The monoisotopic (exact) mass is 224 g/mol. The number of carbonyl (C=O) groups is 2. The van der Waals surface area contributed by atoms with E-state index >= 15 is 0 Å². The van der Waals surface area contributed by atoms with Gasteiger partial charge < -0.3 is 9.47 Å². The number of allylic oxidation sites excluding steroid dienone is 3. The van der Waals surface area contributed by atoms with E-state index in [0.29, 0.717) is 0 Å². The molecule has 4 nitrogen and oxygen atoms in total. The zero-order valence-electron chi connectivity index (χ0n) is 9.62. The molecule has 4 heteroatoms. The molecule has 0 saturated carbocycles. The largest absolute Gasteiger partial charge is 0.493 e. The molecule has 1 aliphatic carbocycles. The van der Waals surface area contributed by atoms with Crippen molar-refractivity contribution in [2.45, 2.75) is 33.1 Å². The normalized spacial score (nSPS) is 15.4. The minimum atomic E-state index is -0.457. The van der Waals surface area contributed by atoms with Crippen molar-refractivity contribution in [1.29, 1.82) is 0 Å². The van der Waals surface area contributed by atoms with Crippen molar-refractivity contribution in [3.8, 4) is 0 Å². The van der Waals surface area contributed by atoms with E-state index in [2.05, 4.69) is 10.8 Å². The summed E-state index contributed by atoms with van der Waals surface area (Å²) >= 11 is 0. The van der Waals surface area contributed by atoms with Gasteiger partial charge >= 0.3 is 11.9 Å². The Morgan fingerprint density at radius 3 is 2.06 bits per heavy atom. The van der Waals surface area contributed by atoms with Gasteiger partial charge in [0.05, 0.1) is 0 Å². The second-order valence-corrected chi connectivity index (χ2v) is 3.48. The summed E-state index contributed by atoms with van der Waals surface area (Å²) in [6, 6.07) is 0. The van der Waals surface area contributed by atoms with Crippen molar-refractivity contribution in [3.63, 3.8) is 0 Å². The van der Waals surface area contributed by atoms with E-state index in [9.17, 15) is 9.59 Å². The van der Waals surface area contributed by atoms with Gasteiger partial charge in [-0.05, 0) is 11.6 Å². The van der Waals surface area contributed by atoms with Gasteiger partial charge in [-0.2, -0.15) is 0 Å². The molecule has 1 aliphatic heterocycles. The number of ether oxygens (including phenoxy) is 2. The lowest BCUT2D eigenvalue weighted by Crippen LogP contribution is -2.09. The third-order valence-electron chi connectivity index (χ3n) is 2.15. The summed E-state index contributed by atoms with van der Waals surface area (Å²) in [7, 11) is 0. The molecule has 88 valence electrons. The Balaban J connectivity index is 0.000000163. The van der Waals surface area contributed by atoms with E-state index in [1.54, 1.807) is 13.8 Å². The quantitative estimate of drug-likeness (QED) is 0.532. The van der Waals surface area contributed by atoms with Gasteiger partial charge in [0.2, 0.25) is 0 Å². The number of hydrogen-bond acceptors (Lipinski definition) is 4. The topological polar surface area (TPSA) is 52.6 Å².